The minimum atomic E-state index is 0.501. The number of nitrogens with one attached hydrogen (secondary N) is 2. The van der Waals surface area contributed by atoms with E-state index < -0.39 is 0 Å². The van der Waals surface area contributed by atoms with E-state index in [-0.39, 0.29) is 0 Å². The molecule has 2 aromatic heterocycles. The molecule has 0 fully saturated rings. The molecule has 0 aliphatic rings. The molecule has 0 spiro atoms. The normalized spacial score (nSPS) is 10.8. The third-order valence-corrected chi connectivity index (χ3v) is 3.20. The van der Waals surface area contributed by atoms with E-state index in [1.807, 2.05) is 19.1 Å². The van der Waals surface area contributed by atoms with Crippen molar-refractivity contribution in [2.45, 2.75) is 13.8 Å². The Morgan fingerprint density at radius 2 is 2.00 bits per heavy atom. The van der Waals surface area contributed by atoms with Crippen LogP contribution in [0.1, 0.15) is 11.3 Å². The molecule has 0 aliphatic carbocycles. The van der Waals surface area contributed by atoms with Gasteiger partial charge in [-0.2, -0.15) is 10.2 Å². The molecular formula is C14H15N5. The molecule has 0 aliphatic heterocycles. The van der Waals surface area contributed by atoms with Crippen LogP contribution in [0.5, 0.6) is 0 Å². The van der Waals surface area contributed by atoms with Crippen molar-refractivity contribution in [3.63, 3.8) is 0 Å². The molecule has 3 aromatic rings. The summed E-state index contributed by atoms with van der Waals surface area (Å²) in [5.41, 5.74) is 12.0. The van der Waals surface area contributed by atoms with E-state index in [4.69, 9.17) is 5.73 Å². The highest BCUT2D eigenvalue weighted by atomic mass is 15.2. The SMILES string of the molecule is Cc1cccc(-c2c(N)n[nH]c2-c2cn[nH]c2C)c1. The summed E-state index contributed by atoms with van der Waals surface area (Å²) in [7, 11) is 0. The van der Waals surface area contributed by atoms with E-state index in [1.165, 1.54) is 5.56 Å². The number of nitrogens with two attached hydrogens (primary N) is 1. The molecule has 5 heteroatoms. The number of aryl methyl sites for hydroxylation is 2. The Bertz CT molecular complexity index is 723. The van der Waals surface area contributed by atoms with Crippen LogP contribution in [0.3, 0.4) is 0 Å². The molecule has 0 atom stereocenters. The summed E-state index contributed by atoms with van der Waals surface area (Å²) in [5, 5.41) is 14.1. The lowest BCUT2D eigenvalue weighted by molar-refractivity contribution is 1.05. The molecule has 96 valence electrons. The van der Waals surface area contributed by atoms with Crippen LogP contribution in [-0.4, -0.2) is 20.4 Å². The second-order valence-electron chi connectivity index (χ2n) is 4.64. The number of H-pyrrole nitrogens is 2. The highest BCUT2D eigenvalue weighted by Crippen LogP contribution is 2.35. The molecular weight excluding hydrogens is 238 g/mol. The Hall–Kier alpha value is -2.56. The Morgan fingerprint density at radius 3 is 2.68 bits per heavy atom. The first-order chi connectivity index (χ1) is 9.16. The number of anilines is 1. The summed E-state index contributed by atoms with van der Waals surface area (Å²) in [5.74, 6) is 0.501. The number of hydrogen-bond acceptors (Lipinski definition) is 3. The molecule has 0 radical (unpaired) electrons. The van der Waals surface area contributed by atoms with Crippen molar-refractivity contribution in [3.05, 3.63) is 41.7 Å². The summed E-state index contributed by atoms with van der Waals surface area (Å²) >= 11 is 0. The van der Waals surface area contributed by atoms with E-state index >= 15 is 0 Å². The van der Waals surface area contributed by atoms with E-state index in [9.17, 15) is 0 Å². The van der Waals surface area contributed by atoms with Gasteiger partial charge in [0.15, 0.2) is 5.82 Å². The lowest BCUT2D eigenvalue weighted by atomic mass is 10.00. The van der Waals surface area contributed by atoms with Crippen LogP contribution >= 0.6 is 0 Å². The van der Waals surface area contributed by atoms with Gasteiger partial charge in [-0.15, -0.1) is 0 Å². The van der Waals surface area contributed by atoms with Gasteiger partial charge < -0.3 is 5.73 Å². The standard InChI is InChI=1S/C14H15N5/c1-8-4-3-5-10(6-8)12-13(18-19-14(12)15)11-7-16-17-9(11)2/h3-7H,1-2H3,(H,16,17)(H3,15,18,19). The molecule has 0 bridgehead atoms. The Labute approximate surface area is 110 Å². The average Bonchev–Trinajstić information content (AvgIpc) is 2.95. The number of aromatic nitrogens is 4. The average molecular weight is 253 g/mol. The number of rotatable bonds is 2. The van der Waals surface area contributed by atoms with Gasteiger partial charge in [0.2, 0.25) is 0 Å². The molecule has 1 aromatic carbocycles. The summed E-state index contributed by atoms with van der Waals surface area (Å²) in [6, 6.07) is 8.21. The smallest absolute Gasteiger partial charge is 0.153 e. The van der Waals surface area contributed by atoms with Crippen LogP contribution in [0.15, 0.2) is 30.5 Å². The fourth-order valence-electron chi connectivity index (χ4n) is 2.25. The summed E-state index contributed by atoms with van der Waals surface area (Å²) in [4.78, 5) is 0. The topological polar surface area (TPSA) is 83.4 Å². The monoisotopic (exact) mass is 253 g/mol. The minimum absolute atomic E-state index is 0.501. The Kier molecular flexibility index (Phi) is 2.59. The van der Waals surface area contributed by atoms with Crippen LogP contribution < -0.4 is 5.73 Å². The number of nitrogen functional groups attached to an aromatic ring is 1. The zero-order valence-electron chi connectivity index (χ0n) is 10.9. The lowest BCUT2D eigenvalue weighted by Gasteiger charge is -2.05. The number of benzene rings is 1. The van der Waals surface area contributed by atoms with Crippen LogP contribution in [0.4, 0.5) is 5.82 Å². The van der Waals surface area contributed by atoms with Crippen LogP contribution in [-0.2, 0) is 0 Å². The van der Waals surface area contributed by atoms with Crippen molar-refractivity contribution >= 4 is 5.82 Å². The van der Waals surface area contributed by atoms with E-state index in [0.29, 0.717) is 5.82 Å². The molecule has 0 saturated carbocycles. The fourth-order valence-corrected chi connectivity index (χ4v) is 2.25. The summed E-state index contributed by atoms with van der Waals surface area (Å²) in [6.07, 6.45) is 1.78. The second-order valence-corrected chi connectivity index (χ2v) is 4.64. The fraction of sp³-hybridized carbons (Fsp3) is 0.143. The first-order valence-corrected chi connectivity index (χ1v) is 6.08. The van der Waals surface area contributed by atoms with Crippen LogP contribution in [0, 0.1) is 13.8 Å². The maximum atomic E-state index is 6.01. The van der Waals surface area contributed by atoms with Gasteiger partial charge in [-0.1, -0.05) is 29.8 Å². The molecule has 5 nitrogen and oxygen atoms in total. The summed E-state index contributed by atoms with van der Waals surface area (Å²) in [6.45, 7) is 4.03. The van der Waals surface area contributed by atoms with Gasteiger partial charge >= 0.3 is 0 Å². The predicted octanol–water partition coefficient (Wildman–Crippen LogP) is 2.67. The largest absolute Gasteiger partial charge is 0.382 e. The van der Waals surface area contributed by atoms with Gasteiger partial charge in [-0.3, -0.25) is 10.2 Å². The van der Waals surface area contributed by atoms with Gasteiger partial charge in [0.1, 0.15) is 0 Å². The zero-order valence-corrected chi connectivity index (χ0v) is 10.9. The van der Waals surface area contributed by atoms with Crippen LogP contribution in [0.2, 0.25) is 0 Å². The first kappa shape index (κ1) is 11.5. The van der Waals surface area contributed by atoms with Gasteiger partial charge in [0, 0.05) is 11.3 Å². The Balaban J connectivity index is 2.22. The quantitative estimate of drug-likeness (QED) is 0.656. The van der Waals surface area contributed by atoms with E-state index in [0.717, 1.165) is 28.1 Å². The molecule has 0 saturated heterocycles. The number of aromatic amines is 2. The molecule has 19 heavy (non-hydrogen) atoms. The van der Waals surface area contributed by atoms with Gasteiger partial charge in [0.25, 0.3) is 0 Å². The van der Waals surface area contributed by atoms with Crippen molar-refractivity contribution in [1.29, 1.82) is 0 Å². The van der Waals surface area contributed by atoms with Crippen LogP contribution in [0.25, 0.3) is 22.4 Å². The highest BCUT2D eigenvalue weighted by Gasteiger charge is 2.17. The molecule has 0 unspecified atom stereocenters. The molecule has 0 amide bonds. The minimum Gasteiger partial charge on any atom is -0.382 e. The van der Waals surface area contributed by atoms with Crippen molar-refractivity contribution in [3.8, 4) is 22.4 Å². The predicted molar refractivity (Wildman–Crippen MR) is 75.5 cm³/mol. The number of nitrogens with zero attached hydrogens (tertiary/aromatic N) is 2. The maximum absolute atomic E-state index is 6.01. The first-order valence-electron chi connectivity index (χ1n) is 6.08. The van der Waals surface area contributed by atoms with E-state index in [1.54, 1.807) is 6.20 Å². The molecule has 2 heterocycles. The van der Waals surface area contributed by atoms with Crippen molar-refractivity contribution in [2.75, 3.05) is 5.73 Å². The molecule has 3 rings (SSSR count). The number of hydrogen-bond donors (Lipinski definition) is 3. The zero-order chi connectivity index (χ0) is 13.4. The lowest BCUT2D eigenvalue weighted by Crippen LogP contribution is -1.89. The summed E-state index contributed by atoms with van der Waals surface area (Å²) < 4.78 is 0. The second kappa shape index (κ2) is 4.28. The van der Waals surface area contributed by atoms with Gasteiger partial charge in [-0.05, 0) is 19.4 Å². The third kappa shape index (κ3) is 1.89. The van der Waals surface area contributed by atoms with Gasteiger partial charge in [-0.25, -0.2) is 0 Å². The van der Waals surface area contributed by atoms with E-state index in [2.05, 4.69) is 39.5 Å². The third-order valence-electron chi connectivity index (χ3n) is 3.20. The van der Waals surface area contributed by atoms with Crippen molar-refractivity contribution in [2.24, 2.45) is 0 Å². The Morgan fingerprint density at radius 1 is 1.16 bits per heavy atom. The van der Waals surface area contributed by atoms with Crippen molar-refractivity contribution < 1.29 is 0 Å². The van der Waals surface area contributed by atoms with Gasteiger partial charge in [0.05, 0.1) is 17.5 Å². The van der Waals surface area contributed by atoms with Crippen molar-refractivity contribution in [1.82, 2.24) is 20.4 Å². The highest BCUT2D eigenvalue weighted by molar-refractivity contribution is 5.88. The molecule has 4 N–H and O–H groups in total. The maximum Gasteiger partial charge on any atom is 0.153 e.